The summed E-state index contributed by atoms with van der Waals surface area (Å²) < 4.78 is 0.364. The van der Waals surface area contributed by atoms with Crippen LogP contribution in [-0.4, -0.2) is 27.5 Å². The minimum absolute atomic E-state index is 0.00385. The molecule has 0 fully saturated rings. The number of carbonyl (C=O) groups is 1. The Hall–Kier alpha value is -3.45. The summed E-state index contributed by atoms with van der Waals surface area (Å²) in [5, 5.41) is 14.6. The molecule has 0 atom stereocenters. The van der Waals surface area contributed by atoms with Crippen molar-refractivity contribution in [1.29, 1.82) is 0 Å². The molecule has 5 rings (SSSR count). The maximum Gasteiger partial charge on any atom is 0.251 e. The van der Waals surface area contributed by atoms with Gasteiger partial charge in [0, 0.05) is 17.3 Å². The highest BCUT2D eigenvalue weighted by molar-refractivity contribution is 7.71. The van der Waals surface area contributed by atoms with E-state index in [1.807, 2.05) is 30.3 Å². The summed E-state index contributed by atoms with van der Waals surface area (Å²) in [5.74, 6) is -0.00782. The maximum absolute atomic E-state index is 11.9. The molecule has 28 heavy (non-hydrogen) atoms. The van der Waals surface area contributed by atoms with Crippen LogP contribution in [0.3, 0.4) is 0 Å². The quantitative estimate of drug-likeness (QED) is 0.507. The molecule has 138 valence electrons. The molecule has 1 amide bonds. The van der Waals surface area contributed by atoms with Crippen LogP contribution in [0.1, 0.15) is 21.6 Å². The fourth-order valence-electron chi connectivity index (χ4n) is 3.60. The van der Waals surface area contributed by atoms with Crippen molar-refractivity contribution in [3.63, 3.8) is 0 Å². The van der Waals surface area contributed by atoms with Gasteiger partial charge in [-0.05, 0) is 65.7 Å². The Balaban J connectivity index is 1.54. The molecule has 0 unspecified atom stereocenters. The molecule has 0 radical (unpaired) electrons. The van der Waals surface area contributed by atoms with Crippen molar-refractivity contribution in [2.45, 2.75) is 6.42 Å². The highest BCUT2D eigenvalue weighted by Gasteiger charge is 2.17. The fraction of sp³-hybridized carbons (Fsp3) is 0.0952. The van der Waals surface area contributed by atoms with Gasteiger partial charge in [0.25, 0.3) is 5.91 Å². The second-order valence-electron chi connectivity index (χ2n) is 6.82. The summed E-state index contributed by atoms with van der Waals surface area (Å²) in [5.41, 5.74) is 5.22. The Morgan fingerprint density at radius 3 is 2.75 bits per heavy atom. The molecule has 2 aliphatic rings. The largest absolute Gasteiger partial charge is 0.493 e. The standard InChI is InChI=1S/C21H16N4O2S/c26-19-16-3-1-11(7-13(16)5-6-22-19)12-2-4-17-14(8-12)9-15(23-17)10-18-20(27)25-21(28)24-18/h1-4,7-10,27H,5-6H2,(H,22,26)(H2,24,25,28)/b15-10+. The van der Waals surface area contributed by atoms with Crippen LogP contribution < -0.4 is 15.9 Å². The molecular weight excluding hydrogens is 372 g/mol. The van der Waals surface area contributed by atoms with Crippen LogP contribution in [0.25, 0.3) is 23.3 Å². The second kappa shape index (κ2) is 6.31. The molecule has 0 bridgehead atoms. The molecular formula is C21H16N4O2S. The van der Waals surface area contributed by atoms with Gasteiger partial charge in [-0.15, -0.1) is 0 Å². The van der Waals surface area contributed by atoms with E-state index < -0.39 is 0 Å². The zero-order valence-corrected chi connectivity index (χ0v) is 15.6. The van der Waals surface area contributed by atoms with Gasteiger partial charge in [-0.25, -0.2) is 4.99 Å². The molecule has 0 aliphatic carbocycles. The van der Waals surface area contributed by atoms with Gasteiger partial charge in [0.1, 0.15) is 5.69 Å². The summed E-state index contributed by atoms with van der Waals surface area (Å²) in [4.78, 5) is 22.1. The maximum atomic E-state index is 11.9. The van der Waals surface area contributed by atoms with Crippen molar-refractivity contribution in [2.75, 3.05) is 6.54 Å². The van der Waals surface area contributed by atoms with Gasteiger partial charge in [0.15, 0.2) is 4.77 Å². The van der Waals surface area contributed by atoms with E-state index in [9.17, 15) is 9.90 Å². The Labute approximate surface area is 165 Å². The lowest BCUT2D eigenvalue weighted by Crippen LogP contribution is -2.31. The number of fused-ring (bicyclic) bond motifs is 2. The monoisotopic (exact) mass is 388 g/mol. The van der Waals surface area contributed by atoms with E-state index in [1.165, 1.54) is 0 Å². The van der Waals surface area contributed by atoms with E-state index >= 15 is 0 Å². The second-order valence-corrected chi connectivity index (χ2v) is 7.23. The smallest absolute Gasteiger partial charge is 0.251 e. The van der Waals surface area contributed by atoms with Gasteiger partial charge in [-0.1, -0.05) is 18.2 Å². The van der Waals surface area contributed by atoms with Gasteiger partial charge in [0.2, 0.25) is 5.88 Å². The molecule has 7 heteroatoms. The molecule has 2 aliphatic heterocycles. The first kappa shape index (κ1) is 16.7. The predicted octanol–water partition coefficient (Wildman–Crippen LogP) is 2.19. The van der Waals surface area contributed by atoms with Crippen LogP contribution in [0.2, 0.25) is 0 Å². The van der Waals surface area contributed by atoms with Crippen molar-refractivity contribution in [3.8, 4) is 17.0 Å². The number of aromatic amines is 2. The van der Waals surface area contributed by atoms with E-state index in [0.717, 1.165) is 44.9 Å². The van der Waals surface area contributed by atoms with E-state index in [4.69, 9.17) is 12.2 Å². The first-order chi connectivity index (χ1) is 13.6. The van der Waals surface area contributed by atoms with Crippen LogP contribution in [0.4, 0.5) is 0 Å². The van der Waals surface area contributed by atoms with Crippen LogP contribution >= 0.6 is 12.2 Å². The number of rotatable bonds is 2. The zero-order chi connectivity index (χ0) is 19.3. The number of benzene rings is 2. The summed E-state index contributed by atoms with van der Waals surface area (Å²) in [6, 6.07) is 12.1. The predicted molar refractivity (Wildman–Crippen MR) is 109 cm³/mol. The first-order valence-corrected chi connectivity index (χ1v) is 9.33. The molecule has 2 aromatic carbocycles. The molecule has 3 aromatic rings. The number of amides is 1. The average Bonchev–Trinajstić information content (AvgIpc) is 3.22. The Kier molecular flexibility index (Phi) is 3.77. The number of hydrogen-bond acceptors (Lipinski definition) is 4. The molecule has 4 N–H and O–H groups in total. The lowest BCUT2D eigenvalue weighted by molar-refractivity contribution is 0.0946. The SMILES string of the molecule is O=C1NCCc2cc(-c3ccc4c(c3)=C/C(=C\c3[nH]c(=S)[nH]c3O)N=4)ccc21. The lowest BCUT2D eigenvalue weighted by atomic mass is 9.95. The number of hydrogen-bond donors (Lipinski definition) is 4. The van der Waals surface area contributed by atoms with E-state index in [2.05, 4.69) is 32.4 Å². The average molecular weight is 388 g/mol. The van der Waals surface area contributed by atoms with Crippen LogP contribution in [-0.2, 0) is 6.42 Å². The van der Waals surface area contributed by atoms with Gasteiger partial charge in [0.05, 0.1) is 11.1 Å². The highest BCUT2D eigenvalue weighted by atomic mass is 32.1. The summed E-state index contributed by atoms with van der Waals surface area (Å²) >= 11 is 4.99. The van der Waals surface area contributed by atoms with Gasteiger partial charge >= 0.3 is 0 Å². The molecule has 3 heterocycles. The molecule has 1 aromatic heterocycles. The number of carbonyl (C=O) groups excluding carboxylic acids is 1. The number of nitrogens with one attached hydrogen (secondary N) is 3. The summed E-state index contributed by atoms with van der Waals surface area (Å²) in [6.45, 7) is 0.676. The summed E-state index contributed by atoms with van der Waals surface area (Å²) in [7, 11) is 0. The molecule has 0 saturated carbocycles. The van der Waals surface area contributed by atoms with E-state index in [1.54, 1.807) is 6.08 Å². The third-order valence-corrected chi connectivity index (χ3v) is 5.18. The van der Waals surface area contributed by atoms with Crippen LogP contribution in [0, 0.1) is 4.77 Å². The molecule has 0 spiro atoms. The van der Waals surface area contributed by atoms with Gasteiger partial charge in [-0.3, -0.25) is 4.79 Å². The van der Waals surface area contributed by atoms with Crippen LogP contribution in [0.15, 0.2) is 47.1 Å². The van der Waals surface area contributed by atoms with Gasteiger partial charge in [-0.2, -0.15) is 0 Å². The number of H-pyrrole nitrogens is 2. The number of allylic oxidation sites excluding steroid dienone is 1. The van der Waals surface area contributed by atoms with Gasteiger partial charge < -0.3 is 20.4 Å². The normalized spacial score (nSPS) is 16.1. The fourth-order valence-corrected chi connectivity index (χ4v) is 3.81. The van der Waals surface area contributed by atoms with E-state index in [0.29, 0.717) is 17.0 Å². The summed E-state index contributed by atoms with van der Waals surface area (Å²) in [6.07, 6.45) is 4.56. The lowest BCUT2D eigenvalue weighted by Gasteiger charge is -2.17. The zero-order valence-electron chi connectivity index (χ0n) is 14.7. The Bertz CT molecular complexity index is 1350. The Morgan fingerprint density at radius 2 is 1.93 bits per heavy atom. The number of nitrogens with zero attached hydrogens (tertiary/aromatic N) is 1. The Morgan fingerprint density at radius 1 is 1.11 bits per heavy atom. The third kappa shape index (κ3) is 2.86. The van der Waals surface area contributed by atoms with Crippen molar-refractivity contribution >= 4 is 30.3 Å². The van der Waals surface area contributed by atoms with Crippen molar-refractivity contribution in [1.82, 2.24) is 15.3 Å². The minimum Gasteiger partial charge on any atom is -0.493 e. The number of imidazole rings is 1. The third-order valence-electron chi connectivity index (χ3n) is 4.97. The first-order valence-electron chi connectivity index (χ1n) is 8.92. The molecule has 0 saturated heterocycles. The minimum atomic E-state index is -0.00397. The topological polar surface area (TPSA) is 93.3 Å². The van der Waals surface area contributed by atoms with E-state index in [-0.39, 0.29) is 11.8 Å². The van der Waals surface area contributed by atoms with Crippen LogP contribution in [0.5, 0.6) is 5.88 Å². The molecule has 6 nitrogen and oxygen atoms in total. The van der Waals surface area contributed by atoms with Crippen molar-refractivity contribution in [2.24, 2.45) is 4.99 Å². The highest BCUT2D eigenvalue weighted by Crippen LogP contribution is 2.24. The number of aromatic hydroxyl groups is 1. The van der Waals surface area contributed by atoms with Crippen molar-refractivity contribution in [3.05, 3.63) is 74.3 Å². The number of aromatic nitrogens is 2. The van der Waals surface area contributed by atoms with Crippen molar-refractivity contribution < 1.29 is 9.90 Å².